The number of carbonyl (C=O) groups is 1. The van der Waals surface area contributed by atoms with Crippen molar-refractivity contribution in [3.05, 3.63) is 89.1 Å². The van der Waals surface area contributed by atoms with Crippen LogP contribution in [0.1, 0.15) is 67.0 Å². The van der Waals surface area contributed by atoms with Gasteiger partial charge in [0, 0.05) is 19.6 Å². The van der Waals surface area contributed by atoms with E-state index < -0.39 is 0 Å². The fourth-order valence-corrected chi connectivity index (χ4v) is 3.82. The van der Waals surface area contributed by atoms with Gasteiger partial charge in [0.25, 0.3) is 5.91 Å². The summed E-state index contributed by atoms with van der Waals surface area (Å²) in [6, 6.07) is 18.1. The van der Waals surface area contributed by atoms with Crippen LogP contribution in [0.5, 0.6) is 5.75 Å². The molecule has 0 saturated carbocycles. The van der Waals surface area contributed by atoms with E-state index in [-0.39, 0.29) is 11.7 Å². The zero-order chi connectivity index (χ0) is 24.2. The molecule has 1 heterocycles. The van der Waals surface area contributed by atoms with Crippen molar-refractivity contribution < 1.29 is 18.3 Å². The van der Waals surface area contributed by atoms with E-state index >= 15 is 0 Å². The third kappa shape index (κ3) is 8.34. The molecule has 0 saturated heterocycles. The summed E-state index contributed by atoms with van der Waals surface area (Å²) in [5.74, 6) is 1.40. The molecule has 0 unspecified atom stereocenters. The van der Waals surface area contributed by atoms with Gasteiger partial charge in [-0.05, 0) is 60.9 Å². The summed E-state index contributed by atoms with van der Waals surface area (Å²) in [7, 11) is 0. The maximum absolute atomic E-state index is 13.8. The number of hydrogen-bond donors (Lipinski definition) is 1. The summed E-state index contributed by atoms with van der Waals surface area (Å²) < 4.78 is 25.1. The van der Waals surface area contributed by atoms with Crippen molar-refractivity contribution in [3.63, 3.8) is 0 Å². The van der Waals surface area contributed by atoms with E-state index in [2.05, 4.69) is 17.1 Å². The van der Waals surface area contributed by atoms with E-state index in [1.165, 1.54) is 12.5 Å². The van der Waals surface area contributed by atoms with Crippen molar-refractivity contribution in [3.8, 4) is 5.75 Å². The van der Waals surface area contributed by atoms with Gasteiger partial charge in [-0.2, -0.15) is 0 Å². The zero-order valence-electron chi connectivity index (χ0n) is 20.2. The quantitative estimate of drug-likeness (QED) is 0.282. The van der Waals surface area contributed by atoms with Crippen molar-refractivity contribution in [1.29, 1.82) is 0 Å². The van der Waals surface area contributed by atoms with Crippen molar-refractivity contribution in [2.24, 2.45) is 0 Å². The van der Waals surface area contributed by atoms with Gasteiger partial charge in [-0.15, -0.1) is 0 Å². The van der Waals surface area contributed by atoms with Gasteiger partial charge in [0.2, 0.25) is 0 Å². The van der Waals surface area contributed by atoms with Crippen molar-refractivity contribution >= 4 is 5.91 Å². The van der Waals surface area contributed by atoms with Gasteiger partial charge in [0.1, 0.15) is 17.3 Å². The summed E-state index contributed by atoms with van der Waals surface area (Å²) in [5.41, 5.74) is 1.99. The van der Waals surface area contributed by atoms with Crippen LogP contribution in [-0.4, -0.2) is 24.0 Å². The minimum atomic E-state index is -0.255. The summed E-state index contributed by atoms with van der Waals surface area (Å²) in [5, 5.41) is 2.93. The van der Waals surface area contributed by atoms with Gasteiger partial charge in [-0.1, -0.05) is 50.5 Å². The van der Waals surface area contributed by atoms with Crippen LogP contribution in [0.2, 0.25) is 0 Å². The number of unbranched alkanes of at least 4 members (excludes halogenated alkanes) is 3. The molecular formula is C28H35FN2O3. The second-order valence-electron chi connectivity index (χ2n) is 8.43. The molecule has 6 heteroatoms. The number of furan rings is 1. The molecule has 0 fully saturated rings. The Bertz CT molecular complexity index is 1020. The normalized spacial score (nSPS) is 11.1. The molecule has 0 aliphatic heterocycles. The highest BCUT2D eigenvalue weighted by molar-refractivity contribution is 5.91. The average Bonchev–Trinajstić information content (AvgIpc) is 3.29. The lowest BCUT2D eigenvalue weighted by Crippen LogP contribution is -2.24. The van der Waals surface area contributed by atoms with E-state index in [1.54, 1.807) is 18.2 Å². The molecule has 1 amide bonds. The second kappa shape index (κ2) is 13.6. The lowest BCUT2D eigenvalue weighted by atomic mass is 10.1. The summed E-state index contributed by atoms with van der Waals surface area (Å²) >= 11 is 0. The van der Waals surface area contributed by atoms with Crippen molar-refractivity contribution in [2.75, 3.05) is 13.2 Å². The fraction of sp³-hybridized carbons (Fsp3) is 0.393. The van der Waals surface area contributed by atoms with Gasteiger partial charge in [-0.25, -0.2) is 4.39 Å². The monoisotopic (exact) mass is 466 g/mol. The van der Waals surface area contributed by atoms with E-state index in [9.17, 15) is 9.18 Å². The molecule has 1 aromatic heterocycles. The minimum Gasteiger partial charge on any atom is -0.494 e. The van der Waals surface area contributed by atoms with Crippen LogP contribution >= 0.6 is 0 Å². The number of ether oxygens (including phenoxy) is 1. The second-order valence-corrected chi connectivity index (χ2v) is 8.43. The molecule has 1 N–H and O–H groups in total. The average molecular weight is 467 g/mol. The van der Waals surface area contributed by atoms with Gasteiger partial charge in [-0.3, -0.25) is 9.69 Å². The Labute approximate surface area is 201 Å². The largest absolute Gasteiger partial charge is 0.494 e. The highest BCUT2D eigenvalue weighted by Crippen LogP contribution is 2.19. The Morgan fingerprint density at radius 1 is 0.941 bits per heavy atom. The maximum atomic E-state index is 13.8. The first-order valence-electron chi connectivity index (χ1n) is 12.1. The van der Waals surface area contributed by atoms with Gasteiger partial charge in [0.05, 0.1) is 13.2 Å². The van der Waals surface area contributed by atoms with Crippen molar-refractivity contribution in [2.45, 2.75) is 59.2 Å². The van der Waals surface area contributed by atoms with Gasteiger partial charge >= 0.3 is 0 Å². The zero-order valence-corrected chi connectivity index (χ0v) is 20.2. The molecule has 2 aromatic carbocycles. The molecule has 0 aliphatic carbocycles. The predicted octanol–water partition coefficient (Wildman–Crippen LogP) is 6.33. The molecule has 182 valence electrons. The van der Waals surface area contributed by atoms with Gasteiger partial charge < -0.3 is 14.5 Å². The number of benzene rings is 2. The van der Waals surface area contributed by atoms with E-state index in [1.807, 2.05) is 43.3 Å². The summed E-state index contributed by atoms with van der Waals surface area (Å²) in [6.07, 6.45) is 4.42. The molecule has 3 aromatic rings. The predicted molar refractivity (Wildman–Crippen MR) is 132 cm³/mol. The number of nitrogens with one attached hydrogen (secondary N) is 1. The molecule has 0 bridgehead atoms. The Morgan fingerprint density at radius 3 is 2.47 bits per heavy atom. The number of nitrogens with zero attached hydrogens (tertiary/aromatic N) is 1. The lowest BCUT2D eigenvalue weighted by Gasteiger charge is -2.22. The maximum Gasteiger partial charge on any atom is 0.286 e. The molecule has 3 rings (SSSR count). The molecule has 5 nitrogen and oxygen atoms in total. The molecule has 34 heavy (non-hydrogen) atoms. The van der Waals surface area contributed by atoms with E-state index in [4.69, 9.17) is 9.15 Å². The molecule has 0 spiro atoms. The van der Waals surface area contributed by atoms with Gasteiger partial charge in [0.15, 0.2) is 5.76 Å². The third-order valence-corrected chi connectivity index (χ3v) is 5.52. The van der Waals surface area contributed by atoms with E-state index in [0.29, 0.717) is 44.3 Å². The number of carbonyl (C=O) groups excluding carboxylic acids is 1. The number of rotatable bonds is 14. The molecule has 0 atom stereocenters. The first-order chi connectivity index (χ1) is 16.6. The topological polar surface area (TPSA) is 54.7 Å². The third-order valence-electron chi connectivity index (χ3n) is 5.52. The van der Waals surface area contributed by atoms with Crippen LogP contribution in [0.25, 0.3) is 0 Å². The van der Waals surface area contributed by atoms with E-state index in [0.717, 1.165) is 36.1 Å². The number of hydrogen-bond acceptors (Lipinski definition) is 4. The number of halogens is 1. The molecule has 0 radical (unpaired) electrons. The van der Waals surface area contributed by atoms with Crippen LogP contribution in [-0.2, 0) is 19.6 Å². The standard InChI is InChI=1S/C28H35FN2O3/c1-3-5-6-7-17-30-28(32)27-16-15-26(34-27)21-31(20-23-9-8-10-24(29)18-23)19-22-11-13-25(14-12-22)33-4-2/h8-16,18H,3-7,17,19-21H2,1-2H3,(H,30,32). The number of amides is 1. The SMILES string of the molecule is CCCCCCNC(=O)c1ccc(CN(Cc2ccc(OCC)cc2)Cc2cccc(F)c2)o1. The molecular weight excluding hydrogens is 431 g/mol. The van der Waals surface area contributed by atoms with Crippen molar-refractivity contribution in [1.82, 2.24) is 10.2 Å². The van der Waals surface area contributed by atoms with Crippen LogP contribution in [0.3, 0.4) is 0 Å². The smallest absolute Gasteiger partial charge is 0.286 e. The van der Waals surface area contributed by atoms with Crippen LogP contribution < -0.4 is 10.1 Å². The highest BCUT2D eigenvalue weighted by atomic mass is 19.1. The Morgan fingerprint density at radius 2 is 1.74 bits per heavy atom. The Hall–Kier alpha value is -3.12. The Balaban J connectivity index is 1.65. The fourth-order valence-electron chi connectivity index (χ4n) is 3.82. The lowest BCUT2D eigenvalue weighted by molar-refractivity contribution is 0.0920. The highest BCUT2D eigenvalue weighted by Gasteiger charge is 2.15. The first-order valence-corrected chi connectivity index (χ1v) is 12.1. The van der Waals surface area contributed by atoms with Crippen LogP contribution in [0.4, 0.5) is 4.39 Å². The summed E-state index contributed by atoms with van der Waals surface area (Å²) in [6.45, 7) is 7.08. The minimum absolute atomic E-state index is 0.189. The summed E-state index contributed by atoms with van der Waals surface area (Å²) in [4.78, 5) is 14.6. The van der Waals surface area contributed by atoms with Crippen LogP contribution in [0, 0.1) is 5.82 Å². The first kappa shape index (κ1) is 25.5. The molecule has 0 aliphatic rings. The Kier molecular flexibility index (Phi) is 10.2. The van der Waals surface area contributed by atoms with Crippen LogP contribution in [0.15, 0.2) is 65.1 Å².